The molecule has 238 valence electrons. The molecule has 3 heterocycles. The summed E-state index contributed by atoms with van der Waals surface area (Å²) >= 11 is 3.66. The number of rotatable bonds is 9. The Morgan fingerprint density at radius 1 is 1.16 bits per heavy atom. The number of fused-ring (bicyclic) bond motifs is 2. The maximum absolute atomic E-state index is 14.8. The Kier molecular flexibility index (Phi) is 8.97. The van der Waals surface area contributed by atoms with Crippen LogP contribution in [0.3, 0.4) is 0 Å². The zero-order valence-corrected chi connectivity index (χ0v) is 28.9. The van der Waals surface area contributed by atoms with E-state index >= 15 is 0 Å². The van der Waals surface area contributed by atoms with E-state index in [0.29, 0.717) is 13.0 Å². The van der Waals surface area contributed by atoms with E-state index in [9.17, 15) is 14.7 Å². The highest BCUT2D eigenvalue weighted by molar-refractivity contribution is 9.10. The quantitative estimate of drug-likeness (QED) is 0.264. The van der Waals surface area contributed by atoms with Crippen LogP contribution in [0.4, 0.5) is 11.4 Å². The SMILES string of the molecule is COc1ccc([Si](C)(C)[C@@H]2[C@@H](CCO)O[C@]3(C(=O)N(Cc4ccc(NC(=O)[C@H]5CCCN5)cc4)c4ccc(Br)cc43)[C@H]2C)cc1. The lowest BCUT2D eigenvalue weighted by Gasteiger charge is -2.37. The van der Waals surface area contributed by atoms with E-state index < -0.39 is 13.7 Å². The number of aliphatic hydroxyl groups is 1. The van der Waals surface area contributed by atoms with Crippen LogP contribution in [0.2, 0.25) is 18.6 Å². The third kappa shape index (κ3) is 5.65. The molecule has 0 saturated carbocycles. The maximum Gasteiger partial charge on any atom is 0.264 e. The average Bonchev–Trinajstić information content (AvgIpc) is 3.73. The Labute approximate surface area is 274 Å². The van der Waals surface area contributed by atoms with Crippen molar-refractivity contribution in [2.45, 2.75) is 69.1 Å². The summed E-state index contributed by atoms with van der Waals surface area (Å²) in [4.78, 5) is 29.2. The number of nitrogens with one attached hydrogen (secondary N) is 2. The Hall–Kier alpha value is -3.02. The molecule has 6 rings (SSSR count). The Bertz CT molecular complexity index is 1560. The van der Waals surface area contributed by atoms with Gasteiger partial charge in [0.05, 0.1) is 39.6 Å². The number of carbonyl (C=O) groups is 2. The van der Waals surface area contributed by atoms with Crippen molar-refractivity contribution in [1.82, 2.24) is 5.32 Å². The lowest BCUT2D eigenvalue weighted by molar-refractivity contribution is -0.146. The van der Waals surface area contributed by atoms with Crippen molar-refractivity contribution in [3.05, 3.63) is 82.3 Å². The average molecular weight is 693 g/mol. The van der Waals surface area contributed by atoms with Gasteiger partial charge in [-0.1, -0.05) is 65.4 Å². The normalized spacial score (nSPS) is 26.0. The second kappa shape index (κ2) is 12.6. The summed E-state index contributed by atoms with van der Waals surface area (Å²) in [6, 6.07) is 21.8. The minimum absolute atomic E-state index is 0.0139. The minimum atomic E-state index is -2.24. The van der Waals surface area contributed by atoms with Crippen LogP contribution in [0, 0.1) is 5.92 Å². The largest absolute Gasteiger partial charge is 0.497 e. The predicted octanol–water partition coefficient (Wildman–Crippen LogP) is 5.29. The summed E-state index contributed by atoms with van der Waals surface area (Å²) in [5.74, 6) is 0.587. The van der Waals surface area contributed by atoms with Gasteiger partial charge >= 0.3 is 0 Å². The van der Waals surface area contributed by atoms with E-state index in [1.54, 1.807) is 7.11 Å². The third-order valence-corrected chi connectivity index (χ3v) is 15.0. The summed E-state index contributed by atoms with van der Waals surface area (Å²) in [6.07, 6.45) is 2.04. The Morgan fingerprint density at radius 2 is 1.89 bits per heavy atom. The number of hydrogen-bond acceptors (Lipinski definition) is 6. The summed E-state index contributed by atoms with van der Waals surface area (Å²) in [5.41, 5.74) is 2.31. The van der Waals surface area contributed by atoms with Crippen molar-refractivity contribution in [1.29, 1.82) is 0 Å². The number of methoxy groups -OCH3 is 1. The van der Waals surface area contributed by atoms with Gasteiger partial charge < -0.3 is 30.1 Å². The van der Waals surface area contributed by atoms with Crippen LogP contribution in [-0.2, 0) is 26.5 Å². The number of anilines is 2. The summed E-state index contributed by atoms with van der Waals surface area (Å²) < 4.78 is 13.3. The number of hydrogen-bond donors (Lipinski definition) is 3. The van der Waals surface area contributed by atoms with Crippen molar-refractivity contribution < 1.29 is 24.2 Å². The van der Waals surface area contributed by atoms with Crippen LogP contribution in [0.15, 0.2) is 71.2 Å². The summed E-state index contributed by atoms with van der Waals surface area (Å²) in [6.45, 7) is 8.06. The molecule has 3 aliphatic heterocycles. The highest BCUT2D eigenvalue weighted by Crippen LogP contribution is 2.60. The molecule has 8 nitrogen and oxygen atoms in total. The molecular weight excluding hydrogens is 650 g/mol. The molecule has 2 amide bonds. The van der Waals surface area contributed by atoms with Gasteiger partial charge in [0, 0.05) is 28.2 Å². The number of halogens is 1. The molecule has 0 unspecified atom stereocenters. The van der Waals surface area contributed by atoms with Crippen molar-refractivity contribution in [2.24, 2.45) is 5.92 Å². The van der Waals surface area contributed by atoms with Crippen LogP contribution in [0.5, 0.6) is 5.75 Å². The zero-order valence-electron chi connectivity index (χ0n) is 26.3. The number of carbonyl (C=O) groups excluding carboxylic acids is 2. The molecule has 0 radical (unpaired) electrons. The smallest absolute Gasteiger partial charge is 0.264 e. The number of amides is 2. The van der Waals surface area contributed by atoms with Crippen molar-refractivity contribution in [3.63, 3.8) is 0 Å². The molecule has 10 heteroatoms. The molecule has 2 fully saturated rings. The summed E-state index contributed by atoms with van der Waals surface area (Å²) in [7, 11) is -0.576. The predicted molar refractivity (Wildman–Crippen MR) is 183 cm³/mol. The summed E-state index contributed by atoms with van der Waals surface area (Å²) in [5, 5.41) is 17.6. The molecule has 5 atom stereocenters. The fourth-order valence-corrected chi connectivity index (χ4v) is 12.3. The highest BCUT2D eigenvalue weighted by Gasteiger charge is 2.66. The first kappa shape index (κ1) is 31.9. The number of ether oxygens (including phenoxy) is 2. The fourth-order valence-electron chi connectivity index (χ4n) is 7.85. The van der Waals surface area contributed by atoms with Crippen molar-refractivity contribution in [2.75, 3.05) is 30.5 Å². The molecule has 3 aromatic rings. The number of aliphatic hydroxyl groups excluding tert-OH is 1. The minimum Gasteiger partial charge on any atom is -0.497 e. The van der Waals surface area contributed by atoms with Crippen LogP contribution < -0.4 is 25.5 Å². The Morgan fingerprint density at radius 3 is 2.53 bits per heavy atom. The third-order valence-electron chi connectivity index (χ3n) is 10.2. The molecule has 45 heavy (non-hydrogen) atoms. The highest BCUT2D eigenvalue weighted by atomic mass is 79.9. The van der Waals surface area contributed by atoms with Crippen LogP contribution in [0.25, 0.3) is 0 Å². The van der Waals surface area contributed by atoms with Gasteiger partial charge in [0.1, 0.15) is 5.75 Å². The van der Waals surface area contributed by atoms with Crippen LogP contribution in [0.1, 0.15) is 37.3 Å². The van der Waals surface area contributed by atoms with Crippen molar-refractivity contribution in [3.8, 4) is 5.75 Å². The molecule has 1 spiro atoms. The lowest BCUT2D eigenvalue weighted by atomic mass is 9.82. The van der Waals surface area contributed by atoms with Gasteiger partial charge in [-0.25, -0.2) is 0 Å². The molecule has 3 aliphatic rings. The van der Waals surface area contributed by atoms with E-state index in [1.165, 1.54) is 5.19 Å². The molecule has 0 aromatic heterocycles. The van der Waals surface area contributed by atoms with Gasteiger partial charge in [0.2, 0.25) is 5.91 Å². The molecule has 2 saturated heterocycles. The van der Waals surface area contributed by atoms with Gasteiger partial charge in [-0.3, -0.25) is 9.59 Å². The lowest BCUT2D eigenvalue weighted by Crippen LogP contribution is -2.51. The molecule has 0 aliphatic carbocycles. The van der Waals surface area contributed by atoms with E-state index in [1.807, 2.05) is 59.5 Å². The molecule has 3 N–H and O–H groups in total. The van der Waals surface area contributed by atoms with E-state index in [4.69, 9.17) is 9.47 Å². The molecule has 3 aromatic carbocycles. The van der Waals surface area contributed by atoms with Gasteiger partial charge in [-0.15, -0.1) is 0 Å². The second-order valence-corrected chi connectivity index (χ2v) is 18.7. The zero-order chi connectivity index (χ0) is 31.9. The van der Waals surface area contributed by atoms with E-state index in [0.717, 1.165) is 52.1 Å². The fraction of sp³-hybridized carbons (Fsp3) is 0.429. The van der Waals surface area contributed by atoms with Gasteiger partial charge in [-0.05, 0) is 79.4 Å². The van der Waals surface area contributed by atoms with E-state index in [2.05, 4.69) is 58.7 Å². The first-order valence-corrected chi connectivity index (χ1v) is 19.7. The topological polar surface area (TPSA) is 100 Å². The second-order valence-electron chi connectivity index (χ2n) is 13.1. The first-order chi connectivity index (χ1) is 21.6. The van der Waals surface area contributed by atoms with Crippen LogP contribution >= 0.6 is 15.9 Å². The molecule has 0 bridgehead atoms. The van der Waals surface area contributed by atoms with Gasteiger partial charge in [0.15, 0.2) is 5.60 Å². The Balaban J connectivity index is 1.31. The van der Waals surface area contributed by atoms with Crippen LogP contribution in [-0.4, -0.2) is 57.4 Å². The van der Waals surface area contributed by atoms with E-state index in [-0.39, 0.29) is 42.0 Å². The first-order valence-electron chi connectivity index (χ1n) is 15.8. The van der Waals surface area contributed by atoms with Crippen molar-refractivity contribution >= 4 is 52.4 Å². The molecular formula is C35H42BrN3O5Si. The maximum atomic E-state index is 14.8. The van der Waals surface area contributed by atoms with Gasteiger partial charge in [0.25, 0.3) is 5.91 Å². The number of benzene rings is 3. The van der Waals surface area contributed by atoms with Gasteiger partial charge in [-0.2, -0.15) is 0 Å². The standard InChI is InChI=1S/C35H42BrN3O5Si/c1-22-32(45(3,4)27-14-12-26(43-2)13-15-27)31(17-19-40)44-35(22)28-20-24(36)9-16-30(28)39(34(35)42)21-23-7-10-25(11-8-23)38-33(41)29-6-5-18-37-29/h7-16,20,22,29,31-32,37,40H,5-6,17-19,21H2,1-4H3,(H,38,41)/t22-,29+,31+,32-,35+/m0/s1. The number of nitrogens with zero attached hydrogens (tertiary/aromatic N) is 1. The monoisotopic (exact) mass is 691 g/mol.